The van der Waals surface area contributed by atoms with Crippen LogP contribution in [0.3, 0.4) is 0 Å². The number of hydrazine groups is 1. The number of hydrogen-bond acceptors (Lipinski definition) is 4. The van der Waals surface area contributed by atoms with Gasteiger partial charge in [0, 0.05) is 24.7 Å². The molecule has 0 radical (unpaired) electrons. The van der Waals surface area contributed by atoms with Crippen LogP contribution in [0, 0.1) is 0 Å². The van der Waals surface area contributed by atoms with Crippen LogP contribution >= 0.6 is 11.6 Å². The van der Waals surface area contributed by atoms with Crippen LogP contribution in [0.4, 0.5) is 0 Å². The Morgan fingerprint density at radius 2 is 2.18 bits per heavy atom. The van der Waals surface area contributed by atoms with Crippen molar-refractivity contribution < 1.29 is 4.74 Å². The van der Waals surface area contributed by atoms with Gasteiger partial charge in [-0.1, -0.05) is 23.7 Å². The van der Waals surface area contributed by atoms with Crippen molar-refractivity contribution in [1.82, 2.24) is 10.4 Å². The standard InChI is InChI=1S/C12H18ClN3O/c13-11-3-1-2-10(8-11)12(9-14)15-16-4-6-17-7-5-16/h1-3,8,12,15H,4-7,9,14H2. The highest BCUT2D eigenvalue weighted by atomic mass is 35.5. The van der Waals surface area contributed by atoms with Crippen molar-refractivity contribution in [2.45, 2.75) is 6.04 Å². The lowest BCUT2D eigenvalue weighted by Crippen LogP contribution is -2.48. The summed E-state index contributed by atoms with van der Waals surface area (Å²) in [4.78, 5) is 0. The molecule has 2 rings (SSSR count). The summed E-state index contributed by atoms with van der Waals surface area (Å²) in [7, 11) is 0. The van der Waals surface area contributed by atoms with E-state index in [9.17, 15) is 0 Å². The van der Waals surface area contributed by atoms with Gasteiger partial charge < -0.3 is 10.5 Å². The third-order valence-corrected chi connectivity index (χ3v) is 3.07. The molecule has 0 amide bonds. The van der Waals surface area contributed by atoms with E-state index in [2.05, 4.69) is 10.4 Å². The lowest BCUT2D eigenvalue weighted by molar-refractivity contribution is 0.00405. The maximum atomic E-state index is 5.99. The van der Waals surface area contributed by atoms with Crippen molar-refractivity contribution in [2.75, 3.05) is 32.8 Å². The number of nitrogens with one attached hydrogen (secondary N) is 1. The second-order valence-electron chi connectivity index (χ2n) is 4.07. The van der Waals surface area contributed by atoms with Gasteiger partial charge in [0.15, 0.2) is 0 Å². The summed E-state index contributed by atoms with van der Waals surface area (Å²) in [6.07, 6.45) is 0. The molecule has 1 heterocycles. The van der Waals surface area contributed by atoms with Gasteiger partial charge in [-0.05, 0) is 17.7 Å². The molecular weight excluding hydrogens is 238 g/mol. The monoisotopic (exact) mass is 255 g/mol. The van der Waals surface area contributed by atoms with E-state index in [-0.39, 0.29) is 6.04 Å². The van der Waals surface area contributed by atoms with Gasteiger partial charge in [-0.2, -0.15) is 0 Å². The van der Waals surface area contributed by atoms with E-state index >= 15 is 0 Å². The maximum absolute atomic E-state index is 5.99. The Labute approximate surface area is 107 Å². The number of morpholine rings is 1. The smallest absolute Gasteiger partial charge is 0.0608 e. The molecule has 0 aliphatic carbocycles. The first-order valence-electron chi connectivity index (χ1n) is 5.84. The number of hydrogen-bond donors (Lipinski definition) is 2. The molecule has 0 spiro atoms. The Morgan fingerprint density at radius 1 is 1.41 bits per heavy atom. The molecule has 1 aromatic carbocycles. The number of nitrogens with zero attached hydrogens (tertiary/aromatic N) is 1. The minimum absolute atomic E-state index is 0.104. The molecule has 4 nitrogen and oxygen atoms in total. The molecule has 1 fully saturated rings. The van der Waals surface area contributed by atoms with E-state index in [1.54, 1.807) is 0 Å². The van der Waals surface area contributed by atoms with Gasteiger partial charge in [-0.15, -0.1) is 0 Å². The average molecular weight is 256 g/mol. The largest absolute Gasteiger partial charge is 0.379 e. The Kier molecular flexibility index (Phi) is 4.76. The van der Waals surface area contributed by atoms with E-state index in [1.165, 1.54) is 0 Å². The van der Waals surface area contributed by atoms with Crippen LogP contribution < -0.4 is 11.2 Å². The van der Waals surface area contributed by atoms with E-state index < -0.39 is 0 Å². The molecule has 1 aromatic rings. The molecular formula is C12H18ClN3O. The van der Waals surface area contributed by atoms with Crippen LogP contribution in [0.15, 0.2) is 24.3 Å². The Balaban J connectivity index is 2.00. The summed E-state index contributed by atoms with van der Waals surface area (Å²) in [6.45, 7) is 3.84. The van der Waals surface area contributed by atoms with Crippen molar-refractivity contribution in [3.63, 3.8) is 0 Å². The van der Waals surface area contributed by atoms with Gasteiger partial charge >= 0.3 is 0 Å². The van der Waals surface area contributed by atoms with Gasteiger partial charge in [0.1, 0.15) is 0 Å². The van der Waals surface area contributed by atoms with Crippen LogP contribution in [-0.2, 0) is 4.74 Å². The topological polar surface area (TPSA) is 50.5 Å². The fourth-order valence-electron chi connectivity index (χ4n) is 1.90. The normalized spacial score (nSPS) is 19.2. The Morgan fingerprint density at radius 3 is 2.82 bits per heavy atom. The first-order valence-corrected chi connectivity index (χ1v) is 6.22. The zero-order chi connectivity index (χ0) is 12.1. The minimum atomic E-state index is 0.104. The number of halogens is 1. The van der Waals surface area contributed by atoms with Crippen molar-refractivity contribution in [1.29, 1.82) is 0 Å². The highest BCUT2D eigenvalue weighted by Gasteiger charge is 2.16. The van der Waals surface area contributed by atoms with Crippen molar-refractivity contribution in [3.8, 4) is 0 Å². The number of nitrogens with two attached hydrogens (primary N) is 1. The summed E-state index contributed by atoms with van der Waals surface area (Å²) in [5, 5.41) is 2.90. The zero-order valence-electron chi connectivity index (χ0n) is 9.73. The van der Waals surface area contributed by atoms with Crippen molar-refractivity contribution in [3.05, 3.63) is 34.9 Å². The van der Waals surface area contributed by atoms with E-state index in [0.29, 0.717) is 6.54 Å². The third kappa shape index (κ3) is 3.66. The van der Waals surface area contributed by atoms with Gasteiger partial charge in [0.2, 0.25) is 0 Å². The molecule has 1 atom stereocenters. The highest BCUT2D eigenvalue weighted by Crippen LogP contribution is 2.17. The molecule has 1 aliphatic heterocycles. The first kappa shape index (κ1) is 12.8. The molecule has 94 valence electrons. The highest BCUT2D eigenvalue weighted by molar-refractivity contribution is 6.30. The van der Waals surface area contributed by atoms with Crippen LogP contribution in [0.25, 0.3) is 0 Å². The van der Waals surface area contributed by atoms with Crippen LogP contribution in [0.1, 0.15) is 11.6 Å². The summed E-state index contributed by atoms with van der Waals surface area (Å²) < 4.78 is 5.31. The Hall–Kier alpha value is -0.650. The Bertz CT molecular complexity index is 355. The van der Waals surface area contributed by atoms with Crippen LogP contribution in [0.2, 0.25) is 5.02 Å². The molecule has 17 heavy (non-hydrogen) atoms. The number of rotatable bonds is 4. The number of benzene rings is 1. The van der Waals surface area contributed by atoms with Crippen LogP contribution in [-0.4, -0.2) is 37.9 Å². The second kappa shape index (κ2) is 6.33. The van der Waals surface area contributed by atoms with Crippen LogP contribution in [0.5, 0.6) is 0 Å². The lowest BCUT2D eigenvalue weighted by Gasteiger charge is -2.31. The predicted octanol–water partition coefficient (Wildman–Crippen LogP) is 1.18. The summed E-state index contributed by atoms with van der Waals surface area (Å²) in [6, 6.07) is 7.91. The molecule has 0 aromatic heterocycles. The number of ether oxygens (including phenoxy) is 1. The molecule has 3 N–H and O–H groups in total. The summed E-state index contributed by atoms with van der Waals surface area (Å²) in [5.41, 5.74) is 10.3. The maximum Gasteiger partial charge on any atom is 0.0608 e. The molecule has 0 saturated carbocycles. The lowest BCUT2D eigenvalue weighted by atomic mass is 10.1. The van der Waals surface area contributed by atoms with Gasteiger partial charge in [-0.3, -0.25) is 0 Å². The molecule has 1 saturated heterocycles. The minimum Gasteiger partial charge on any atom is -0.379 e. The summed E-state index contributed by atoms with van der Waals surface area (Å²) in [5.74, 6) is 0. The van der Waals surface area contributed by atoms with E-state index in [1.807, 2.05) is 24.3 Å². The molecule has 1 aliphatic rings. The summed E-state index contributed by atoms with van der Waals surface area (Å²) >= 11 is 5.99. The fraction of sp³-hybridized carbons (Fsp3) is 0.500. The predicted molar refractivity (Wildman–Crippen MR) is 68.8 cm³/mol. The SMILES string of the molecule is NCC(NN1CCOCC1)c1cccc(Cl)c1. The van der Waals surface area contributed by atoms with Crippen molar-refractivity contribution >= 4 is 11.6 Å². The average Bonchev–Trinajstić information content (AvgIpc) is 2.37. The van der Waals surface area contributed by atoms with E-state index in [4.69, 9.17) is 22.1 Å². The van der Waals surface area contributed by atoms with E-state index in [0.717, 1.165) is 36.9 Å². The van der Waals surface area contributed by atoms with Gasteiger partial charge in [0.25, 0.3) is 0 Å². The third-order valence-electron chi connectivity index (χ3n) is 2.84. The molecule has 0 bridgehead atoms. The van der Waals surface area contributed by atoms with Gasteiger partial charge in [0.05, 0.1) is 19.3 Å². The van der Waals surface area contributed by atoms with Gasteiger partial charge in [-0.25, -0.2) is 10.4 Å². The quantitative estimate of drug-likeness (QED) is 0.848. The molecule has 1 unspecified atom stereocenters. The molecule has 5 heteroatoms. The first-order chi connectivity index (χ1) is 8.29. The van der Waals surface area contributed by atoms with Crippen molar-refractivity contribution in [2.24, 2.45) is 5.73 Å². The fourth-order valence-corrected chi connectivity index (χ4v) is 2.10. The zero-order valence-corrected chi connectivity index (χ0v) is 10.5. The second-order valence-corrected chi connectivity index (χ2v) is 4.51.